The summed E-state index contributed by atoms with van der Waals surface area (Å²) in [6.45, 7) is 0.817. The van der Waals surface area contributed by atoms with Gasteiger partial charge in [0.2, 0.25) is 0 Å². The zero-order valence-corrected chi connectivity index (χ0v) is 22.2. The van der Waals surface area contributed by atoms with Gasteiger partial charge in [-0.05, 0) is 30.7 Å². The lowest BCUT2D eigenvalue weighted by Gasteiger charge is -2.36. The number of nitrogens with zero attached hydrogens (tertiary/aromatic N) is 3. The van der Waals surface area contributed by atoms with Crippen molar-refractivity contribution in [3.05, 3.63) is 24.3 Å². The molecule has 2 unspecified atom stereocenters. The number of aliphatic hydroxyl groups is 1. The van der Waals surface area contributed by atoms with E-state index in [1.807, 2.05) is 0 Å². The number of carbonyl (C=O) groups is 4. The van der Waals surface area contributed by atoms with Crippen molar-refractivity contribution in [3.63, 3.8) is 0 Å². The van der Waals surface area contributed by atoms with Gasteiger partial charge in [0.1, 0.15) is 18.1 Å². The molecule has 2 rings (SSSR count). The van der Waals surface area contributed by atoms with Crippen LogP contribution in [0.1, 0.15) is 6.42 Å². The van der Waals surface area contributed by atoms with Crippen LogP contribution in [0.2, 0.25) is 0 Å². The summed E-state index contributed by atoms with van der Waals surface area (Å²) in [4.78, 5) is 50.1. The second-order valence-corrected chi connectivity index (χ2v) is 9.42. The number of nitrogens with one attached hydrogen (secondary N) is 1. The summed E-state index contributed by atoms with van der Waals surface area (Å²) in [5, 5.41) is 50.9. The van der Waals surface area contributed by atoms with Gasteiger partial charge in [-0.15, -0.1) is 0 Å². The number of carboxylic acids is 4. The van der Waals surface area contributed by atoms with Crippen LogP contribution in [0.25, 0.3) is 0 Å². The molecule has 15 heteroatoms. The van der Waals surface area contributed by atoms with Crippen molar-refractivity contribution in [2.24, 2.45) is 0 Å². The Morgan fingerprint density at radius 2 is 1.32 bits per heavy atom. The molecular formula is C25H38N4O11. The minimum Gasteiger partial charge on any atom is -0.491 e. The number of hydrogen-bond acceptors (Lipinski definition) is 11. The fourth-order valence-corrected chi connectivity index (χ4v) is 4.31. The third-order valence-electron chi connectivity index (χ3n) is 6.13. The smallest absolute Gasteiger partial charge is 0.341 e. The first kappa shape index (κ1) is 32.7. The second-order valence-electron chi connectivity index (χ2n) is 9.42. The van der Waals surface area contributed by atoms with Gasteiger partial charge in [0.25, 0.3) is 0 Å². The van der Waals surface area contributed by atoms with E-state index >= 15 is 0 Å². The molecule has 0 saturated carbocycles. The Morgan fingerprint density at radius 1 is 0.775 bits per heavy atom. The van der Waals surface area contributed by atoms with E-state index in [-0.39, 0.29) is 45.8 Å². The lowest BCUT2D eigenvalue weighted by Crippen LogP contribution is -2.53. The highest BCUT2D eigenvalue weighted by Gasteiger charge is 2.28. The molecule has 0 bridgehead atoms. The number of ether oxygens (including phenoxy) is 2. The Labute approximate surface area is 231 Å². The first-order chi connectivity index (χ1) is 19.0. The molecule has 40 heavy (non-hydrogen) atoms. The van der Waals surface area contributed by atoms with Crippen molar-refractivity contribution in [2.75, 3.05) is 78.7 Å². The third-order valence-corrected chi connectivity index (χ3v) is 6.13. The molecule has 1 saturated heterocycles. The number of carboxylic acid groups (broad SMARTS) is 4. The van der Waals surface area contributed by atoms with Gasteiger partial charge in [0, 0.05) is 51.9 Å². The summed E-state index contributed by atoms with van der Waals surface area (Å²) in [5.74, 6) is -3.51. The largest absolute Gasteiger partial charge is 0.491 e. The zero-order chi connectivity index (χ0) is 29.5. The molecule has 1 fully saturated rings. The van der Waals surface area contributed by atoms with E-state index in [0.29, 0.717) is 44.2 Å². The highest BCUT2D eigenvalue weighted by Crippen LogP contribution is 2.19. The molecule has 1 aromatic carbocycles. The van der Waals surface area contributed by atoms with Crippen LogP contribution in [-0.4, -0.2) is 155 Å². The topological polar surface area (TPSA) is 210 Å². The molecule has 1 aromatic rings. The van der Waals surface area contributed by atoms with Crippen LogP contribution in [0.15, 0.2) is 24.3 Å². The van der Waals surface area contributed by atoms with E-state index in [1.54, 1.807) is 26.8 Å². The van der Waals surface area contributed by atoms with E-state index in [1.165, 1.54) is 12.1 Å². The zero-order valence-electron chi connectivity index (χ0n) is 22.2. The van der Waals surface area contributed by atoms with Gasteiger partial charge < -0.3 is 40.3 Å². The fourth-order valence-electron chi connectivity index (χ4n) is 4.31. The monoisotopic (exact) mass is 570 g/mol. The van der Waals surface area contributed by atoms with Crippen LogP contribution in [0.5, 0.6) is 11.5 Å². The summed E-state index contributed by atoms with van der Waals surface area (Å²) in [6, 6.07) is 5.61. The first-order valence-electron chi connectivity index (χ1n) is 12.8. The lowest BCUT2D eigenvalue weighted by atomic mass is 10.1. The van der Waals surface area contributed by atoms with Crippen LogP contribution in [0, 0.1) is 0 Å². The molecule has 0 radical (unpaired) electrons. The van der Waals surface area contributed by atoms with E-state index in [2.05, 4.69) is 5.32 Å². The summed E-state index contributed by atoms with van der Waals surface area (Å²) in [6.07, 6.45) is -0.942. The summed E-state index contributed by atoms with van der Waals surface area (Å²) in [5.41, 5.74) is 0. The molecule has 1 aliphatic rings. The molecule has 1 heterocycles. The van der Waals surface area contributed by atoms with Gasteiger partial charge in [0.15, 0.2) is 6.61 Å². The average Bonchev–Trinajstić information content (AvgIpc) is 2.86. The lowest BCUT2D eigenvalue weighted by molar-refractivity contribution is -0.141. The van der Waals surface area contributed by atoms with Crippen molar-refractivity contribution in [1.29, 1.82) is 0 Å². The van der Waals surface area contributed by atoms with Crippen LogP contribution in [0.4, 0.5) is 0 Å². The molecular weight excluding hydrogens is 532 g/mol. The Hall–Kier alpha value is -3.50. The summed E-state index contributed by atoms with van der Waals surface area (Å²) >= 11 is 0. The van der Waals surface area contributed by atoms with Crippen molar-refractivity contribution < 1.29 is 54.2 Å². The minimum atomic E-state index is -1.11. The van der Waals surface area contributed by atoms with Crippen molar-refractivity contribution in [3.8, 4) is 11.5 Å². The van der Waals surface area contributed by atoms with Crippen LogP contribution < -0.4 is 14.8 Å². The summed E-state index contributed by atoms with van der Waals surface area (Å²) < 4.78 is 10.7. The van der Waals surface area contributed by atoms with Crippen molar-refractivity contribution >= 4 is 23.9 Å². The highest BCUT2D eigenvalue weighted by atomic mass is 16.5. The predicted molar refractivity (Wildman–Crippen MR) is 140 cm³/mol. The number of benzene rings is 1. The predicted octanol–water partition coefficient (Wildman–Crippen LogP) is -1.59. The van der Waals surface area contributed by atoms with E-state index in [0.717, 1.165) is 0 Å². The number of aliphatic hydroxyl groups excluding tert-OH is 1. The van der Waals surface area contributed by atoms with Gasteiger partial charge in [-0.1, -0.05) is 0 Å². The number of aliphatic carboxylic acids is 4. The number of rotatable bonds is 14. The molecule has 0 aromatic heterocycles. The standard InChI is InChI=1S/C25H38N4O11/c30-19(16-39-20-1-3-21(4-2-20)40-17-25(37)38)11-18-12-28(14-23(33)34)10-9-27(13-22(31)32)7-5-26-6-8-29(18)15-24(35)36/h1-4,18-19,26,30H,5-17H2,(H,31,32)(H,33,34)(H,35,36)(H,37,38). The van der Waals surface area contributed by atoms with E-state index < -0.39 is 42.6 Å². The first-order valence-corrected chi connectivity index (χ1v) is 12.8. The van der Waals surface area contributed by atoms with Gasteiger partial charge in [-0.2, -0.15) is 0 Å². The maximum Gasteiger partial charge on any atom is 0.341 e. The Kier molecular flexibility index (Phi) is 14.1. The SMILES string of the molecule is O=C(O)COc1ccc(OCC(O)CC2CN(CC(=O)O)CCN(CC(=O)O)CCNCCN2CC(=O)O)cc1. The Bertz CT molecular complexity index is 963. The molecule has 1 aliphatic heterocycles. The van der Waals surface area contributed by atoms with Crippen molar-refractivity contribution in [1.82, 2.24) is 20.0 Å². The molecule has 2 atom stereocenters. The molecule has 0 amide bonds. The summed E-state index contributed by atoms with van der Waals surface area (Å²) in [7, 11) is 0. The second kappa shape index (κ2) is 17.2. The highest BCUT2D eigenvalue weighted by molar-refractivity contribution is 5.70. The molecule has 6 N–H and O–H groups in total. The van der Waals surface area contributed by atoms with Gasteiger partial charge in [0.05, 0.1) is 25.7 Å². The maximum atomic E-state index is 11.6. The Morgan fingerprint density at radius 3 is 1.93 bits per heavy atom. The molecule has 15 nitrogen and oxygen atoms in total. The van der Waals surface area contributed by atoms with Crippen LogP contribution >= 0.6 is 0 Å². The maximum absolute atomic E-state index is 11.6. The van der Waals surface area contributed by atoms with E-state index in [4.69, 9.17) is 14.6 Å². The van der Waals surface area contributed by atoms with E-state index in [9.17, 15) is 39.6 Å². The van der Waals surface area contributed by atoms with Crippen molar-refractivity contribution in [2.45, 2.75) is 18.6 Å². The van der Waals surface area contributed by atoms with Gasteiger partial charge in [-0.25, -0.2) is 4.79 Å². The minimum absolute atomic E-state index is 0.0854. The fraction of sp³-hybridized carbons (Fsp3) is 0.600. The molecule has 224 valence electrons. The van der Waals surface area contributed by atoms with Crippen LogP contribution in [-0.2, 0) is 19.2 Å². The average molecular weight is 571 g/mol. The molecule has 0 spiro atoms. The van der Waals surface area contributed by atoms with Gasteiger partial charge in [-0.3, -0.25) is 29.1 Å². The quantitative estimate of drug-likeness (QED) is 0.149. The number of hydrogen-bond donors (Lipinski definition) is 6. The van der Waals surface area contributed by atoms with Crippen LogP contribution in [0.3, 0.4) is 0 Å². The third kappa shape index (κ3) is 13.5. The normalized spacial score (nSPS) is 19.1. The Balaban J connectivity index is 2.11. The molecule has 0 aliphatic carbocycles. The van der Waals surface area contributed by atoms with Gasteiger partial charge >= 0.3 is 23.9 Å².